The first-order valence-electron chi connectivity index (χ1n) is 8.80. The van der Waals surface area contributed by atoms with Crippen LogP contribution < -0.4 is 15.0 Å². The van der Waals surface area contributed by atoms with Crippen molar-refractivity contribution in [2.24, 2.45) is 5.92 Å². The van der Waals surface area contributed by atoms with Gasteiger partial charge in [-0.3, -0.25) is 4.79 Å². The van der Waals surface area contributed by atoms with Crippen LogP contribution in [0.3, 0.4) is 0 Å². The molecule has 9 nitrogen and oxygen atoms in total. The Kier molecular flexibility index (Phi) is 4.68. The van der Waals surface area contributed by atoms with E-state index in [2.05, 4.69) is 30.3 Å². The molecule has 0 aliphatic carbocycles. The molecule has 2 aromatic heterocycles. The van der Waals surface area contributed by atoms with Crippen LogP contribution in [0.25, 0.3) is 11.2 Å². The maximum absolute atomic E-state index is 12.4. The molecule has 12 heteroatoms. The van der Waals surface area contributed by atoms with Gasteiger partial charge in [-0.25, -0.2) is 14.6 Å². The molecule has 0 atom stereocenters. The van der Waals surface area contributed by atoms with E-state index in [1.165, 1.54) is 18.5 Å². The van der Waals surface area contributed by atoms with E-state index in [0.717, 1.165) is 12.1 Å². The van der Waals surface area contributed by atoms with Crippen molar-refractivity contribution in [3.63, 3.8) is 0 Å². The van der Waals surface area contributed by atoms with Crippen LogP contribution >= 0.6 is 0 Å². The Morgan fingerprint density at radius 3 is 2.62 bits per heavy atom. The molecule has 29 heavy (non-hydrogen) atoms. The van der Waals surface area contributed by atoms with Crippen LogP contribution in [0.4, 0.5) is 24.7 Å². The van der Waals surface area contributed by atoms with Crippen LogP contribution in [0.2, 0.25) is 0 Å². The number of hydrogen-bond acceptors (Lipinski definition) is 7. The van der Waals surface area contributed by atoms with Gasteiger partial charge in [0.25, 0.3) is 0 Å². The summed E-state index contributed by atoms with van der Waals surface area (Å²) in [4.78, 5) is 22.7. The van der Waals surface area contributed by atoms with Gasteiger partial charge in [0.2, 0.25) is 5.91 Å². The molecular formula is C17H16F3N7O2. The highest BCUT2D eigenvalue weighted by atomic mass is 19.4. The van der Waals surface area contributed by atoms with Gasteiger partial charge in [0, 0.05) is 25.3 Å². The fraction of sp³-hybridized carbons (Fsp3) is 0.353. The zero-order valence-corrected chi connectivity index (χ0v) is 15.2. The van der Waals surface area contributed by atoms with E-state index in [9.17, 15) is 18.0 Å². The first kappa shape index (κ1) is 18.9. The number of nitrogens with zero attached hydrogens (tertiary/aromatic N) is 6. The molecule has 1 N–H and O–H groups in total. The number of aryl methyl sites for hydroxylation is 1. The van der Waals surface area contributed by atoms with Gasteiger partial charge in [0.1, 0.15) is 12.1 Å². The maximum Gasteiger partial charge on any atom is 0.573 e. The molecule has 1 saturated heterocycles. The normalized spacial score (nSPS) is 14.7. The second kappa shape index (κ2) is 7.18. The third-order valence-corrected chi connectivity index (χ3v) is 4.49. The summed E-state index contributed by atoms with van der Waals surface area (Å²) in [5.74, 6) is -0.244. The number of hydrogen-bond donors (Lipinski definition) is 1. The van der Waals surface area contributed by atoms with Gasteiger partial charge < -0.3 is 15.0 Å². The second-order valence-electron chi connectivity index (χ2n) is 6.44. The Morgan fingerprint density at radius 2 is 1.97 bits per heavy atom. The summed E-state index contributed by atoms with van der Waals surface area (Å²) in [5.41, 5.74) is 1.60. The van der Waals surface area contributed by atoms with Crippen molar-refractivity contribution in [3.05, 3.63) is 30.6 Å². The minimum Gasteiger partial charge on any atom is -0.406 e. The predicted octanol–water partition coefficient (Wildman–Crippen LogP) is 2.21. The summed E-state index contributed by atoms with van der Waals surface area (Å²) in [6, 6.07) is 4.99. The minimum atomic E-state index is -4.75. The Bertz CT molecular complexity index is 1030. The molecule has 0 spiro atoms. The standard InChI is InChI=1S/C17H16F3N7O2/c1-2-27-15-13(24-25-27)14(21-9-22-15)26-7-10(8-26)16(28)23-11-3-5-12(6-4-11)29-17(18,19)20/h3-6,9-10H,2,7-8H2,1H3,(H,23,28). The fourth-order valence-corrected chi connectivity index (χ4v) is 3.03. The highest BCUT2D eigenvalue weighted by Crippen LogP contribution is 2.29. The van der Waals surface area contributed by atoms with E-state index < -0.39 is 6.36 Å². The van der Waals surface area contributed by atoms with Crippen LogP contribution in [0.5, 0.6) is 5.75 Å². The third-order valence-electron chi connectivity index (χ3n) is 4.49. The topological polar surface area (TPSA) is 98.1 Å². The highest BCUT2D eigenvalue weighted by Gasteiger charge is 2.35. The Morgan fingerprint density at radius 1 is 1.24 bits per heavy atom. The molecule has 0 unspecified atom stereocenters. The van der Waals surface area contributed by atoms with E-state index in [1.807, 2.05) is 11.8 Å². The van der Waals surface area contributed by atoms with E-state index in [-0.39, 0.29) is 17.6 Å². The van der Waals surface area contributed by atoms with Crippen LogP contribution in [0, 0.1) is 5.92 Å². The first-order valence-corrected chi connectivity index (χ1v) is 8.80. The molecular weight excluding hydrogens is 391 g/mol. The van der Waals surface area contributed by atoms with Crippen LogP contribution in [0.15, 0.2) is 30.6 Å². The van der Waals surface area contributed by atoms with Gasteiger partial charge in [-0.05, 0) is 31.2 Å². The van der Waals surface area contributed by atoms with Gasteiger partial charge in [-0.15, -0.1) is 18.3 Å². The molecule has 0 radical (unpaired) electrons. The van der Waals surface area contributed by atoms with Gasteiger partial charge >= 0.3 is 6.36 Å². The van der Waals surface area contributed by atoms with Gasteiger partial charge in [-0.1, -0.05) is 5.21 Å². The number of ether oxygens (including phenoxy) is 1. The number of aromatic nitrogens is 5. The SMILES string of the molecule is CCn1nnc2c(N3CC(C(=O)Nc4ccc(OC(F)(F)F)cc4)C3)ncnc21. The summed E-state index contributed by atoms with van der Waals surface area (Å²) < 4.78 is 42.0. The molecule has 0 bridgehead atoms. The Labute approximate surface area is 162 Å². The second-order valence-corrected chi connectivity index (χ2v) is 6.44. The fourth-order valence-electron chi connectivity index (χ4n) is 3.03. The zero-order chi connectivity index (χ0) is 20.6. The maximum atomic E-state index is 12.4. The predicted molar refractivity (Wildman–Crippen MR) is 96.2 cm³/mol. The lowest BCUT2D eigenvalue weighted by molar-refractivity contribution is -0.274. The lowest BCUT2D eigenvalue weighted by Gasteiger charge is -2.38. The van der Waals surface area contributed by atoms with Crippen LogP contribution in [-0.4, -0.2) is 50.3 Å². The number of anilines is 2. The number of halogens is 3. The number of rotatable bonds is 5. The molecule has 152 valence electrons. The quantitative estimate of drug-likeness (QED) is 0.693. The number of amides is 1. The molecule has 1 aliphatic heterocycles. The van der Waals surface area contributed by atoms with Gasteiger partial charge in [0.05, 0.1) is 5.92 Å². The highest BCUT2D eigenvalue weighted by molar-refractivity contribution is 5.95. The molecule has 0 saturated carbocycles. The average Bonchev–Trinajstić information content (AvgIpc) is 3.05. The monoisotopic (exact) mass is 407 g/mol. The lowest BCUT2D eigenvalue weighted by atomic mass is 9.99. The summed E-state index contributed by atoms with van der Waals surface area (Å²) in [6.45, 7) is 3.44. The van der Waals surface area contributed by atoms with Crippen molar-refractivity contribution in [2.45, 2.75) is 19.8 Å². The van der Waals surface area contributed by atoms with E-state index in [0.29, 0.717) is 42.3 Å². The van der Waals surface area contributed by atoms with Crippen molar-refractivity contribution in [1.29, 1.82) is 0 Å². The summed E-state index contributed by atoms with van der Waals surface area (Å²) in [5, 5.41) is 10.8. The average molecular weight is 407 g/mol. The molecule has 4 rings (SSSR count). The van der Waals surface area contributed by atoms with Crippen molar-refractivity contribution in [2.75, 3.05) is 23.3 Å². The molecule has 1 aromatic carbocycles. The number of carbonyl (C=O) groups excluding carboxylic acids is 1. The van der Waals surface area contributed by atoms with E-state index in [1.54, 1.807) is 4.68 Å². The van der Waals surface area contributed by atoms with Crippen molar-refractivity contribution in [3.8, 4) is 5.75 Å². The molecule has 1 aliphatic rings. The molecule has 1 fully saturated rings. The number of carbonyl (C=O) groups is 1. The largest absolute Gasteiger partial charge is 0.573 e. The number of fused-ring (bicyclic) bond motifs is 1. The smallest absolute Gasteiger partial charge is 0.406 e. The van der Waals surface area contributed by atoms with Crippen molar-refractivity contribution < 1.29 is 22.7 Å². The Hall–Kier alpha value is -3.44. The first-order chi connectivity index (χ1) is 13.8. The lowest BCUT2D eigenvalue weighted by Crippen LogP contribution is -2.52. The molecule has 3 heterocycles. The molecule has 3 aromatic rings. The van der Waals surface area contributed by atoms with Crippen molar-refractivity contribution >= 4 is 28.6 Å². The minimum absolute atomic E-state index is 0.228. The molecule has 1 amide bonds. The number of alkyl halides is 3. The summed E-state index contributed by atoms with van der Waals surface area (Å²) >= 11 is 0. The van der Waals surface area contributed by atoms with E-state index in [4.69, 9.17) is 0 Å². The van der Waals surface area contributed by atoms with Gasteiger partial charge in [0.15, 0.2) is 17.0 Å². The Balaban J connectivity index is 1.37. The van der Waals surface area contributed by atoms with Crippen LogP contribution in [0.1, 0.15) is 6.92 Å². The van der Waals surface area contributed by atoms with Crippen LogP contribution in [-0.2, 0) is 11.3 Å². The van der Waals surface area contributed by atoms with E-state index >= 15 is 0 Å². The zero-order valence-electron chi connectivity index (χ0n) is 15.2. The van der Waals surface area contributed by atoms with Crippen molar-refractivity contribution in [1.82, 2.24) is 25.0 Å². The number of benzene rings is 1. The van der Waals surface area contributed by atoms with Gasteiger partial charge in [-0.2, -0.15) is 0 Å². The number of nitrogens with one attached hydrogen (secondary N) is 1. The summed E-state index contributed by atoms with van der Waals surface area (Å²) in [6.07, 6.45) is -3.32. The summed E-state index contributed by atoms with van der Waals surface area (Å²) in [7, 11) is 0. The third kappa shape index (κ3) is 3.91.